The van der Waals surface area contributed by atoms with E-state index in [2.05, 4.69) is 10.2 Å². The monoisotopic (exact) mass is 327 g/mol. The lowest BCUT2D eigenvalue weighted by molar-refractivity contribution is 0.0954. The zero-order valence-electron chi connectivity index (χ0n) is 11.9. The van der Waals surface area contributed by atoms with Crippen LogP contribution in [0.3, 0.4) is 0 Å². The van der Waals surface area contributed by atoms with Crippen LogP contribution in [-0.2, 0) is 0 Å². The molecule has 0 unspecified atom stereocenters. The SMILES string of the molecule is CCN(C[C@@H]1COc2ccccc2O1)c1nnc(C(F)F)s1. The summed E-state index contributed by atoms with van der Waals surface area (Å²) in [7, 11) is 0. The molecule has 0 fully saturated rings. The number of halogens is 2. The van der Waals surface area contributed by atoms with Crippen LogP contribution in [0.5, 0.6) is 11.5 Å². The molecule has 118 valence electrons. The topological polar surface area (TPSA) is 47.5 Å². The molecule has 1 aromatic heterocycles. The summed E-state index contributed by atoms with van der Waals surface area (Å²) in [6.07, 6.45) is -2.78. The molecule has 1 atom stereocenters. The van der Waals surface area contributed by atoms with E-state index in [0.717, 1.165) is 17.1 Å². The van der Waals surface area contributed by atoms with Crippen molar-refractivity contribution in [3.8, 4) is 11.5 Å². The highest BCUT2D eigenvalue weighted by atomic mass is 32.1. The summed E-state index contributed by atoms with van der Waals surface area (Å²) in [5, 5.41) is 7.56. The maximum atomic E-state index is 12.6. The number of hydrogen-bond acceptors (Lipinski definition) is 6. The van der Waals surface area contributed by atoms with Gasteiger partial charge in [0, 0.05) is 6.54 Å². The Balaban J connectivity index is 1.68. The van der Waals surface area contributed by atoms with Crippen LogP contribution in [0.2, 0.25) is 0 Å². The Labute approximate surface area is 130 Å². The highest BCUT2D eigenvalue weighted by molar-refractivity contribution is 7.15. The molecule has 0 spiro atoms. The van der Waals surface area contributed by atoms with Crippen molar-refractivity contribution in [2.24, 2.45) is 0 Å². The van der Waals surface area contributed by atoms with Crippen LogP contribution in [0.15, 0.2) is 24.3 Å². The Kier molecular flexibility index (Phi) is 4.37. The fourth-order valence-electron chi connectivity index (χ4n) is 2.18. The van der Waals surface area contributed by atoms with Gasteiger partial charge in [0.15, 0.2) is 22.6 Å². The normalized spacial score (nSPS) is 16.8. The van der Waals surface area contributed by atoms with Gasteiger partial charge in [-0.1, -0.05) is 23.5 Å². The first-order valence-electron chi connectivity index (χ1n) is 6.92. The lowest BCUT2D eigenvalue weighted by Crippen LogP contribution is -2.41. The largest absolute Gasteiger partial charge is 0.486 e. The van der Waals surface area contributed by atoms with Gasteiger partial charge in [0.25, 0.3) is 6.43 Å². The summed E-state index contributed by atoms with van der Waals surface area (Å²) in [5.74, 6) is 1.41. The van der Waals surface area contributed by atoms with E-state index in [9.17, 15) is 8.78 Å². The number of hydrogen-bond donors (Lipinski definition) is 0. The highest BCUT2D eigenvalue weighted by Crippen LogP contribution is 2.32. The highest BCUT2D eigenvalue weighted by Gasteiger charge is 2.25. The Bertz CT molecular complexity index is 638. The molecule has 0 aliphatic carbocycles. The molecule has 0 saturated heterocycles. The van der Waals surface area contributed by atoms with Gasteiger partial charge in [-0.3, -0.25) is 0 Å². The van der Waals surface area contributed by atoms with Crippen LogP contribution in [-0.4, -0.2) is 36.0 Å². The Morgan fingerprint density at radius 2 is 2.09 bits per heavy atom. The van der Waals surface area contributed by atoms with Crippen molar-refractivity contribution < 1.29 is 18.3 Å². The molecular formula is C14H15F2N3O2S. The number of nitrogens with zero attached hydrogens (tertiary/aromatic N) is 3. The average molecular weight is 327 g/mol. The molecule has 1 aliphatic rings. The minimum Gasteiger partial charge on any atom is -0.486 e. The van der Waals surface area contributed by atoms with Crippen molar-refractivity contribution >= 4 is 16.5 Å². The molecule has 22 heavy (non-hydrogen) atoms. The molecule has 1 aromatic carbocycles. The average Bonchev–Trinajstić information content (AvgIpc) is 3.02. The van der Waals surface area contributed by atoms with E-state index in [1.807, 2.05) is 36.1 Å². The van der Waals surface area contributed by atoms with Gasteiger partial charge >= 0.3 is 0 Å². The third-order valence-corrected chi connectivity index (χ3v) is 4.25. The molecule has 5 nitrogen and oxygen atoms in total. The van der Waals surface area contributed by atoms with Crippen molar-refractivity contribution in [1.29, 1.82) is 0 Å². The fourth-order valence-corrected chi connectivity index (χ4v) is 2.96. The molecular weight excluding hydrogens is 312 g/mol. The van der Waals surface area contributed by atoms with Gasteiger partial charge in [-0.05, 0) is 19.1 Å². The van der Waals surface area contributed by atoms with E-state index in [0.29, 0.717) is 30.6 Å². The molecule has 2 heterocycles. The van der Waals surface area contributed by atoms with E-state index in [-0.39, 0.29) is 11.1 Å². The Morgan fingerprint density at radius 3 is 2.77 bits per heavy atom. The second kappa shape index (κ2) is 6.43. The summed E-state index contributed by atoms with van der Waals surface area (Å²) in [6, 6.07) is 7.45. The number of aromatic nitrogens is 2. The molecule has 0 bridgehead atoms. The molecule has 8 heteroatoms. The summed E-state index contributed by atoms with van der Waals surface area (Å²) in [4.78, 5) is 1.87. The first-order valence-corrected chi connectivity index (χ1v) is 7.74. The van der Waals surface area contributed by atoms with Gasteiger partial charge < -0.3 is 14.4 Å². The van der Waals surface area contributed by atoms with Crippen LogP contribution in [0, 0.1) is 0 Å². The maximum Gasteiger partial charge on any atom is 0.291 e. The van der Waals surface area contributed by atoms with Crippen molar-refractivity contribution in [2.45, 2.75) is 19.5 Å². The number of likely N-dealkylation sites (N-methyl/N-ethyl adjacent to an activating group) is 1. The van der Waals surface area contributed by atoms with Crippen molar-refractivity contribution in [3.63, 3.8) is 0 Å². The number of ether oxygens (including phenoxy) is 2. The van der Waals surface area contributed by atoms with E-state index >= 15 is 0 Å². The minimum atomic E-state index is -2.59. The third-order valence-electron chi connectivity index (χ3n) is 3.26. The Morgan fingerprint density at radius 1 is 1.32 bits per heavy atom. The molecule has 3 rings (SSSR count). The first-order chi connectivity index (χ1) is 10.7. The second-order valence-electron chi connectivity index (χ2n) is 4.76. The molecule has 0 amide bonds. The number of fused-ring (bicyclic) bond motifs is 1. The van der Waals surface area contributed by atoms with Crippen LogP contribution >= 0.6 is 11.3 Å². The van der Waals surface area contributed by atoms with Gasteiger partial charge in [0.2, 0.25) is 5.13 Å². The first kappa shape index (κ1) is 15.0. The lowest BCUT2D eigenvalue weighted by Gasteiger charge is -2.30. The lowest BCUT2D eigenvalue weighted by atomic mass is 10.2. The van der Waals surface area contributed by atoms with Gasteiger partial charge in [0.1, 0.15) is 6.61 Å². The van der Waals surface area contributed by atoms with Gasteiger partial charge in [0.05, 0.1) is 6.54 Å². The zero-order valence-corrected chi connectivity index (χ0v) is 12.7. The summed E-state index contributed by atoms with van der Waals surface area (Å²) in [5.41, 5.74) is 0. The van der Waals surface area contributed by atoms with Crippen LogP contribution in [0.4, 0.5) is 13.9 Å². The van der Waals surface area contributed by atoms with E-state index < -0.39 is 6.43 Å². The van der Waals surface area contributed by atoms with Gasteiger partial charge in [-0.25, -0.2) is 8.78 Å². The number of alkyl halides is 2. The maximum absolute atomic E-state index is 12.6. The van der Waals surface area contributed by atoms with Crippen LogP contribution in [0.1, 0.15) is 18.4 Å². The van der Waals surface area contributed by atoms with E-state index in [4.69, 9.17) is 9.47 Å². The number of para-hydroxylation sites is 2. The quantitative estimate of drug-likeness (QED) is 0.844. The molecule has 0 radical (unpaired) electrons. The number of rotatable bonds is 5. The Hall–Kier alpha value is -1.96. The second-order valence-corrected chi connectivity index (χ2v) is 5.75. The molecule has 0 saturated carbocycles. The number of benzene rings is 1. The van der Waals surface area contributed by atoms with E-state index in [1.54, 1.807) is 0 Å². The number of anilines is 1. The minimum absolute atomic E-state index is 0.186. The predicted octanol–water partition coefficient (Wildman–Crippen LogP) is 3.14. The third kappa shape index (κ3) is 3.11. The standard InChI is InChI=1S/C14H15F2N3O2S/c1-2-19(14-18-17-13(22-14)12(15)16)7-9-8-20-10-5-3-4-6-11(10)21-9/h3-6,9,12H,2,7-8H2,1H3/t9-/m1/s1. The summed E-state index contributed by atoms with van der Waals surface area (Å²) < 4.78 is 36.8. The van der Waals surface area contributed by atoms with Crippen molar-refractivity contribution in [1.82, 2.24) is 10.2 Å². The van der Waals surface area contributed by atoms with Crippen molar-refractivity contribution in [2.75, 3.05) is 24.6 Å². The van der Waals surface area contributed by atoms with Crippen molar-refractivity contribution in [3.05, 3.63) is 29.3 Å². The molecule has 2 aromatic rings. The van der Waals surface area contributed by atoms with Gasteiger partial charge in [-0.15, -0.1) is 10.2 Å². The zero-order chi connectivity index (χ0) is 15.5. The van der Waals surface area contributed by atoms with Crippen LogP contribution in [0.25, 0.3) is 0 Å². The van der Waals surface area contributed by atoms with E-state index in [1.165, 1.54) is 0 Å². The fraction of sp³-hybridized carbons (Fsp3) is 0.429. The predicted molar refractivity (Wildman–Crippen MR) is 79.1 cm³/mol. The molecule has 0 N–H and O–H groups in total. The summed E-state index contributed by atoms with van der Waals surface area (Å²) >= 11 is 0.905. The summed E-state index contributed by atoms with van der Waals surface area (Å²) in [6.45, 7) is 3.47. The molecule has 1 aliphatic heterocycles. The smallest absolute Gasteiger partial charge is 0.291 e. The van der Waals surface area contributed by atoms with Gasteiger partial charge in [-0.2, -0.15) is 0 Å². The van der Waals surface area contributed by atoms with Crippen LogP contribution < -0.4 is 14.4 Å².